The minimum atomic E-state index is -0.717. The minimum Gasteiger partial charge on any atom is -0.486 e. The second-order valence-electron chi connectivity index (χ2n) is 11.4. The van der Waals surface area contributed by atoms with E-state index in [1.807, 2.05) is 6.07 Å². The lowest BCUT2D eigenvalue weighted by molar-refractivity contribution is -0.121. The molecule has 2 bridgehead atoms. The maximum atomic E-state index is 14.5. The van der Waals surface area contributed by atoms with Gasteiger partial charge in [-0.1, -0.05) is 13.0 Å². The van der Waals surface area contributed by atoms with Gasteiger partial charge in [-0.3, -0.25) is 14.4 Å². The highest BCUT2D eigenvalue weighted by Crippen LogP contribution is 2.56. The van der Waals surface area contributed by atoms with E-state index in [-0.39, 0.29) is 47.8 Å². The van der Waals surface area contributed by atoms with Gasteiger partial charge in [0.25, 0.3) is 11.8 Å². The molecule has 3 saturated carbocycles. The molecular formula is C28H30FN5O4. The van der Waals surface area contributed by atoms with Gasteiger partial charge in [0.05, 0.1) is 6.20 Å². The molecule has 3 fully saturated rings. The lowest BCUT2D eigenvalue weighted by Gasteiger charge is -2.52. The minimum absolute atomic E-state index is 0.00474. The molecule has 0 spiro atoms. The monoisotopic (exact) mass is 519 g/mol. The number of carbonyl (C=O) groups excluding carboxylic acids is 3. The van der Waals surface area contributed by atoms with Crippen LogP contribution in [0.15, 0.2) is 30.5 Å². The molecule has 10 heteroatoms. The number of amides is 2. The van der Waals surface area contributed by atoms with Gasteiger partial charge in [-0.05, 0) is 67.1 Å². The standard InChI is InChI=1S/C28H30FN5O4/c1-27-4-7-28(8-5-27,9-6-27)16-31-26(37)22-12-21(33-24-20(29)14-32-34(22)24)25(36)30-13-17-2-3-23-18(10-17)11-19(35)15-38-23/h2-3,10,12,14H,4-9,11,13,15-16H2,1H3,(H,30,36)(H,31,37). The zero-order chi connectivity index (χ0) is 26.5. The van der Waals surface area contributed by atoms with E-state index in [1.165, 1.54) is 25.3 Å². The summed E-state index contributed by atoms with van der Waals surface area (Å²) in [5.74, 6) is -1.03. The second-order valence-corrected chi connectivity index (χ2v) is 11.4. The van der Waals surface area contributed by atoms with Gasteiger partial charge < -0.3 is 15.4 Å². The second kappa shape index (κ2) is 9.18. The predicted octanol–water partition coefficient (Wildman–Crippen LogP) is 3.39. The highest BCUT2D eigenvalue weighted by Gasteiger charge is 2.46. The summed E-state index contributed by atoms with van der Waals surface area (Å²) in [7, 11) is 0. The number of nitrogens with zero attached hydrogens (tertiary/aromatic N) is 3. The van der Waals surface area contributed by atoms with Crippen LogP contribution in [0, 0.1) is 16.6 Å². The molecule has 3 heterocycles. The lowest BCUT2D eigenvalue weighted by atomic mass is 9.54. The van der Waals surface area contributed by atoms with Gasteiger partial charge in [-0.2, -0.15) is 5.10 Å². The van der Waals surface area contributed by atoms with Crippen LogP contribution < -0.4 is 15.4 Å². The van der Waals surface area contributed by atoms with Crippen LogP contribution >= 0.6 is 0 Å². The molecular weight excluding hydrogens is 489 g/mol. The first-order valence-electron chi connectivity index (χ1n) is 13.1. The van der Waals surface area contributed by atoms with Crippen molar-refractivity contribution in [2.24, 2.45) is 10.8 Å². The van der Waals surface area contributed by atoms with Gasteiger partial charge in [0, 0.05) is 31.1 Å². The van der Waals surface area contributed by atoms with E-state index in [4.69, 9.17) is 4.74 Å². The maximum Gasteiger partial charge on any atom is 0.270 e. The van der Waals surface area contributed by atoms with Crippen molar-refractivity contribution in [3.63, 3.8) is 0 Å². The maximum absolute atomic E-state index is 14.5. The summed E-state index contributed by atoms with van der Waals surface area (Å²) in [6, 6.07) is 6.74. The number of halogens is 1. The third-order valence-corrected chi connectivity index (χ3v) is 8.65. The fraction of sp³-hybridized carbons (Fsp3) is 0.464. The van der Waals surface area contributed by atoms with Crippen molar-refractivity contribution < 1.29 is 23.5 Å². The SMILES string of the molecule is CC12CCC(CNC(=O)c3cc(C(=O)NCc4ccc5c(c4)CC(=O)CO5)nc4c(F)cnn34)(CC1)CC2. The Hall–Kier alpha value is -3.82. The first-order valence-corrected chi connectivity index (χ1v) is 13.1. The summed E-state index contributed by atoms with van der Waals surface area (Å²) in [4.78, 5) is 42.1. The summed E-state index contributed by atoms with van der Waals surface area (Å²) < 4.78 is 21.0. The third kappa shape index (κ3) is 4.52. The van der Waals surface area contributed by atoms with Crippen molar-refractivity contribution >= 4 is 23.2 Å². The van der Waals surface area contributed by atoms with Crippen LogP contribution in [-0.4, -0.2) is 45.3 Å². The molecule has 3 aliphatic carbocycles. The number of fused-ring (bicyclic) bond motifs is 5. The molecule has 1 aliphatic heterocycles. The fourth-order valence-electron chi connectivity index (χ4n) is 6.00. The van der Waals surface area contributed by atoms with Crippen LogP contribution in [0.3, 0.4) is 0 Å². The molecule has 0 radical (unpaired) electrons. The Labute approximate surface area is 219 Å². The molecule has 2 N–H and O–H groups in total. The van der Waals surface area contributed by atoms with Gasteiger partial charge in [0.15, 0.2) is 17.2 Å². The summed E-state index contributed by atoms with van der Waals surface area (Å²) in [6.07, 6.45) is 8.04. The Kier molecular flexibility index (Phi) is 5.92. The van der Waals surface area contributed by atoms with Crippen molar-refractivity contribution in [2.45, 2.75) is 58.4 Å². The molecule has 4 aliphatic rings. The molecule has 198 valence electrons. The van der Waals surface area contributed by atoms with Gasteiger partial charge >= 0.3 is 0 Å². The Morgan fingerprint density at radius 1 is 1.08 bits per heavy atom. The molecule has 7 rings (SSSR count). The molecule has 0 saturated heterocycles. The topological polar surface area (TPSA) is 115 Å². The first kappa shape index (κ1) is 24.5. The van der Waals surface area contributed by atoms with E-state index < -0.39 is 17.6 Å². The van der Waals surface area contributed by atoms with Gasteiger partial charge in [-0.15, -0.1) is 0 Å². The van der Waals surface area contributed by atoms with E-state index in [0.29, 0.717) is 17.7 Å². The summed E-state index contributed by atoms with van der Waals surface area (Å²) in [5, 5.41) is 9.78. The van der Waals surface area contributed by atoms with Crippen molar-refractivity contribution in [3.8, 4) is 5.75 Å². The molecule has 38 heavy (non-hydrogen) atoms. The number of carbonyl (C=O) groups is 3. The number of hydrogen-bond acceptors (Lipinski definition) is 6. The zero-order valence-electron chi connectivity index (χ0n) is 21.3. The zero-order valence-corrected chi connectivity index (χ0v) is 21.3. The average molecular weight is 520 g/mol. The molecule has 2 amide bonds. The molecule has 9 nitrogen and oxygen atoms in total. The van der Waals surface area contributed by atoms with Crippen molar-refractivity contribution in [2.75, 3.05) is 13.2 Å². The number of hydrogen-bond donors (Lipinski definition) is 2. The highest BCUT2D eigenvalue weighted by atomic mass is 19.1. The van der Waals surface area contributed by atoms with Gasteiger partial charge in [0.1, 0.15) is 23.7 Å². The molecule has 0 unspecified atom stereocenters. The number of rotatable bonds is 6. The summed E-state index contributed by atoms with van der Waals surface area (Å²) in [5.41, 5.74) is 1.87. The Bertz CT molecular complexity index is 1440. The average Bonchev–Trinajstić information content (AvgIpc) is 3.31. The van der Waals surface area contributed by atoms with E-state index in [2.05, 4.69) is 27.6 Å². The Morgan fingerprint density at radius 2 is 1.84 bits per heavy atom. The molecule has 3 aromatic rings. The molecule has 0 atom stereocenters. The third-order valence-electron chi connectivity index (χ3n) is 8.65. The van der Waals surface area contributed by atoms with E-state index >= 15 is 0 Å². The number of benzene rings is 1. The Balaban J connectivity index is 1.18. The van der Waals surface area contributed by atoms with Crippen LogP contribution in [0.2, 0.25) is 0 Å². The normalized spacial score (nSPS) is 24.1. The number of Topliss-reactive ketones (excluding diaryl/α,β-unsaturated/α-hetero) is 1. The van der Waals surface area contributed by atoms with E-state index in [0.717, 1.165) is 41.1 Å². The van der Waals surface area contributed by atoms with Crippen LogP contribution in [0.4, 0.5) is 4.39 Å². The summed E-state index contributed by atoms with van der Waals surface area (Å²) in [6.45, 7) is 3.13. The van der Waals surface area contributed by atoms with E-state index in [1.54, 1.807) is 12.1 Å². The number of ether oxygens (including phenoxy) is 1. The first-order chi connectivity index (χ1) is 18.2. The van der Waals surface area contributed by atoms with Crippen LogP contribution in [0.5, 0.6) is 5.75 Å². The van der Waals surface area contributed by atoms with Crippen molar-refractivity contribution in [1.29, 1.82) is 0 Å². The van der Waals surface area contributed by atoms with Gasteiger partial charge in [-0.25, -0.2) is 13.9 Å². The molecule has 1 aromatic carbocycles. The number of ketones is 1. The largest absolute Gasteiger partial charge is 0.486 e. The van der Waals surface area contributed by atoms with Crippen molar-refractivity contribution in [3.05, 3.63) is 58.8 Å². The predicted molar refractivity (Wildman–Crippen MR) is 135 cm³/mol. The highest BCUT2D eigenvalue weighted by molar-refractivity contribution is 5.98. The smallest absolute Gasteiger partial charge is 0.270 e. The quantitative estimate of drug-likeness (QED) is 0.516. The van der Waals surface area contributed by atoms with Crippen LogP contribution in [-0.2, 0) is 17.8 Å². The summed E-state index contributed by atoms with van der Waals surface area (Å²) >= 11 is 0. The van der Waals surface area contributed by atoms with Crippen molar-refractivity contribution in [1.82, 2.24) is 25.2 Å². The number of nitrogens with one attached hydrogen (secondary N) is 2. The van der Waals surface area contributed by atoms with Gasteiger partial charge in [0.2, 0.25) is 0 Å². The van der Waals surface area contributed by atoms with E-state index in [9.17, 15) is 18.8 Å². The lowest BCUT2D eigenvalue weighted by Crippen LogP contribution is -2.46. The Morgan fingerprint density at radius 3 is 2.61 bits per heavy atom. The van der Waals surface area contributed by atoms with Crippen LogP contribution in [0.25, 0.3) is 5.65 Å². The fourth-order valence-corrected chi connectivity index (χ4v) is 6.00. The van der Waals surface area contributed by atoms with Crippen LogP contribution in [0.1, 0.15) is 77.6 Å². The molecule has 2 aromatic heterocycles. The number of aromatic nitrogens is 3.